The van der Waals surface area contributed by atoms with Gasteiger partial charge in [-0.25, -0.2) is 0 Å². The third kappa shape index (κ3) is 3.85. The lowest BCUT2D eigenvalue weighted by atomic mass is 9.75. The Morgan fingerprint density at radius 1 is 1.29 bits per heavy atom. The zero-order valence-electron chi connectivity index (χ0n) is 10.4. The van der Waals surface area contributed by atoms with Crippen LogP contribution in [-0.2, 0) is 0 Å². The Morgan fingerprint density at radius 3 is 2.53 bits per heavy atom. The molecule has 1 aliphatic rings. The minimum Gasteiger partial charge on any atom is -0.382 e. The van der Waals surface area contributed by atoms with Crippen molar-refractivity contribution in [1.29, 1.82) is 0 Å². The second-order valence-corrected chi connectivity index (χ2v) is 7.73. The van der Waals surface area contributed by atoms with E-state index in [1.54, 1.807) is 0 Å². The van der Waals surface area contributed by atoms with Gasteiger partial charge in [-0.2, -0.15) is 0 Å². The van der Waals surface area contributed by atoms with Crippen LogP contribution in [0.4, 0.5) is 5.69 Å². The lowest BCUT2D eigenvalue weighted by Gasteiger charge is -2.35. The van der Waals surface area contributed by atoms with Gasteiger partial charge in [-0.15, -0.1) is 0 Å². The van der Waals surface area contributed by atoms with E-state index >= 15 is 0 Å². The Kier molecular flexibility index (Phi) is 4.40. The monoisotopic (exact) mass is 407 g/mol. The number of hydrogen-bond donors (Lipinski definition) is 1. The molecule has 2 rings (SSSR count). The maximum atomic E-state index is 3.65. The van der Waals surface area contributed by atoms with E-state index in [1.807, 2.05) is 0 Å². The highest BCUT2D eigenvalue weighted by molar-refractivity contribution is 14.1. The minimum atomic E-state index is 0.546. The Labute approximate surface area is 126 Å². The van der Waals surface area contributed by atoms with Crippen molar-refractivity contribution < 1.29 is 0 Å². The molecular weight excluding hydrogens is 389 g/mol. The Balaban J connectivity index is 1.95. The molecule has 17 heavy (non-hydrogen) atoms. The molecular formula is C14H19BrIN. The molecule has 0 radical (unpaired) electrons. The summed E-state index contributed by atoms with van der Waals surface area (Å²) in [7, 11) is 0. The molecule has 1 nitrogen and oxygen atoms in total. The minimum absolute atomic E-state index is 0.546. The lowest BCUT2D eigenvalue weighted by Crippen LogP contribution is -2.29. The van der Waals surface area contributed by atoms with Crippen molar-refractivity contribution in [2.24, 2.45) is 5.41 Å². The van der Waals surface area contributed by atoms with Crippen LogP contribution in [0.15, 0.2) is 22.7 Å². The van der Waals surface area contributed by atoms with Crippen molar-refractivity contribution in [3.8, 4) is 0 Å². The molecule has 1 N–H and O–H groups in total. The predicted molar refractivity (Wildman–Crippen MR) is 86.5 cm³/mol. The number of nitrogens with one attached hydrogen (secondary N) is 1. The van der Waals surface area contributed by atoms with Gasteiger partial charge in [0.1, 0.15) is 0 Å². The van der Waals surface area contributed by atoms with E-state index in [0.29, 0.717) is 11.5 Å². The van der Waals surface area contributed by atoms with Crippen LogP contribution >= 0.6 is 38.5 Å². The first-order valence-electron chi connectivity index (χ1n) is 6.18. The molecule has 1 aromatic carbocycles. The van der Waals surface area contributed by atoms with E-state index in [2.05, 4.69) is 75.9 Å². The fraction of sp³-hybridized carbons (Fsp3) is 0.571. The Morgan fingerprint density at radius 2 is 1.94 bits per heavy atom. The molecule has 0 bridgehead atoms. The average molecular weight is 408 g/mol. The Bertz CT molecular complexity index is 393. The van der Waals surface area contributed by atoms with Gasteiger partial charge < -0.3 is 5.32 Å². The second-order valence-electron chi connectivity index (χ2n) is 5.71. The van der Waals surface area contributed by atoms with Gasteiger partial charge >= 0.3 is 0 Å². The summed E-state index contributed by atoms with van der Waals surface area (Å²) in [5, 5.41) is 3.65. The summed E-state index contributed by atoms with van der Waals surface area (Å²) in [6.07, 6.45) is 5.24. The van der Waals surface area contributed by atoms with Crippen LogP contribution < -0.4 is 5.32 Å². The van der Waals surface area contributed by atoms with Crippen molar-refractivity contribution in [2.45, 2.75) is 45.6 Å². The van der Waals surface area contributed by atoms with E-state index in [0.717, 1.165) is 0 Å². The third-order valence-electron chi connectivity index (χ3n) is 3.63. The number of halogens is 2. The number of hydrogen-bond acceptors (Lipinski definition) is 1. The molecule has 1 fully saturated rings. The van der Waals surface area contributed by atoms with E-state index in [1.165, 1.54) is 39.4 Å². The quantitative estimate of drug-likeness (QED) is 0.644. The molecule has 94 valence electrons. The summed E-state index contributed by atoms with van der Waals surface area (Å²) in [5.41, 5.74) is 1.78. The van der Waals surface area contributed by atoms with Crippen LogP contribution in [0.2, 0.25) is 0 Å². The van der Waals surface area contributed by atoms with Gasteiger partial charge in [0.25, 0.3) is 0 Å². The van der Waals surface area contributed by atoms with Crippen LogP contribution in [0.5, 0.6) is 0 Å². The maximum absolute atomic E-state index is 3.65. The summed E-state index contributed by atoms with van der Waals surface area (Å²) < 4.78 is 2.44. The summed E-state index contributed by atoms with van der Waals surface area (Å²) in [4.78, 5) is 0. The Hall–Kier alpha value is 0.230. The number of benzene rings is 1. The largest absolute Gasteiger partial charge is 0.382 e. The van der Waals surface area contributed by atoms with Crippen LogP contribution in [0, 0.1) is 8.99 Å². The normalized spacial score (nSPS) is 20.2. The molecule has 1 aliphatic carbocycles. The standard InChI is InChI=1S/C14H19BrIN/c1-14(2)7-5-10(6-8-14)17-11-3-4-13(16)12(15)9-11/h3-4,9-10,17H,5-8H2,1-2H3. The second kappa shape index (κ2) is 5.47. The van der Waals surface area contributed by atoms with Crippen LogP contribution in [0.1, 0.15) is 39.5 Å². The molecule has 0 atom stereocenters. The predicted octanol–water partition coefficient (Wildman–Crippen LogP) is 5.43. The number of anilines is 1. The van der Waals surface area contributed by atoms with Crippen molar-refractivity contribution in [3.05, 3.63) is 26.2 Å². The van der Waals surface area contributed by atoms with Crippen LogP contribution in [0.25, 0.3) is 0 Å². The fourth-order valence-electron chi connectivity index (χ4n) is 2.37. The van der Waals surface area contributed by atoms with E-state index < -0.39 is 0 Å². The molecule has 0 aromatic heterocycles. The molecule has 0 aliphatic heterocycles. The molecule has 0 saturated heterocycles. The lowest BCUT2D eigenvalue weighted by molar-refractivity contribution is 0.232. The van der Waals surface area contributed by atoms with Crippen molar-refractivity contribution in [1.82, 2.24) is 0 Å². The topological polar surface area (TPSA) is 12.0 Å². The highest BCUT2D eigenvalue weighted by Gasteiger charge is 2.26. The highest BCUT2D eigenvalue weighted by Crippen LogP contribution is 2.36. The molecule has 1 aromatic rings. The molecule has 1 saturated carbocycles. The molecule has 0 spiro atoms. The molecule has 0 heterocycles. The van der Waals surface area contributed by atoms with Gasteiger partial charge in [-0.1, -0.05) is 13.8 Å². The van der Waals surface area contributed by atoms with Gasteiger partial charge in [0.2, 0.25) is 0 Å². The summed E-state index contributed by atoms with van der Waals surface area (Å²) in [5.74, 6) is 0. The number of rotatable bonds is 2. The average Bonchev–Trinajstić information content (AvgIpc) is 2.27. The van der Waals surface area contributed by atoms with Gasteiger partial charge in [0, 0.05) is 19.8 Å². The van der Waals surface area contributed by atoms with Crippen molar-refractivity contribution in [3.63, 3.8) is 0 Å². The van der Waals surface area contributed by atoms with Gasteiger partial charge in [-0.05, 0) is 87.8 Å². The molecule has 0 unspecified atom stereocenters. The first kappa shape index (κ1) is 13.7. The first-order chi connectivity index (χ1) is 7.96. The van der Waals surface area contributed by atoms with E-state index in [4.69, 9.17) is 0 Å². The van der Waals surface area contributed by atoms with Crippen molar-refractivity contribution >= 4 is 44.2 Å². The SMILES string of the molecule is CC1(C)CCC(Nc2ccc(I)c(Br)c2)CC1. The van der Waals surface area contributed by atoms with E-state index in [9.17, 15) is 0 Å². The zero-order valence-corrected chi connectivity index (χ0v) is 14.1. The smallest absolute Gasteiger partial charge is 0.0354 e. The van der Waals surface area contributed by atoms with E-state index in [-0.39, 0.29) is 0 Å². The third-order valence-corrected chi connectivity index (χ3v) is 5.97. The van der Waals surface area contributed by atoms with Gasteiger partial charge in [0.15, 0.2) is 0 Å². The molecule has 0 amide bonds. The summed E-state index contributed by atoms with van der Waals surface area (Å²) in [6, 6.07) is 7.16. The van der Waals surface area contributed by atoms with Gasteiger partial charge in [0.05, 0.1) is 0 Å². The fourth-order valence-corrected chi connectivity index (χ4v) is 3.08. The maximum Gasteiger partial charge on any atom is 0.0354 e. The summed E-state index contributed by atoms with van der Waals surface area (Å²) in [6.45, 7) is 4.76. The first-order valence-corrected chi connectivity index (χ1v) is 8.05. The van der Waals surface area contributed by atoms with Gasteiger partial charge in [-0.3, -0.25) is 0 Å². The van der Waals surface area contributed by atoms with Crippen LogP contribution in [0.3, 0.4) is 0 Å². The zero-order chi connectivity index (χ0) is 12.5. The summed E-state index contributed by atoms with van der Waals surface area (Å²) >= 11 is 5.92. The van der Waals surface area contributed by atoms with Crippen molar-refractivity contribution in [2.75, 3.05) is 5.32 Å². The highest BCUT2D eigenvalue weighted by atomic mass is 127. The van der Waals surface area contributed by atoms with Crippen LogP contribution in [-0.4, -0.2) is 6.04 Å². The molecule has 3 heteroatoms.